The first-order valence-corrected chi connectivity index (χ1v) is 10.6. The van der Waals surface area contributed by atoms with Crippen LogP contribution in [0.1, 0.15) is 29.9 Å². The van der Waals surface area contributed by atoms with E-state index in [1.807, 2.05) is 51.1 Å². The minimum atomic E-state index is -0.376. The lowest BCUT2D eigenvalue weighted by molar-refractivity contribution is 0.630. The maximum atomic E-state index is 13.7. The number of pyridine rings is 1. The Hall–Kier alpha value is -4.61. The molecule has 0 unspecified atom stereocenters. The average Bonchev–Trinajstić information content (AvgIpc) is 3.41. The van der Waals surface area contributed by atoms with Gasteiger partial charge in [-0.25, -0.2) is 9.97 Å². The maximum Gasteiger partial charge on any atom is 0.264 e. The standard InChI is InChI=1S/C22H23N11O/c1-11-6-5-7-14-9-15(33(22(34)17(11)14)16-8-12(2)27-28-16)13(3)26-20-18(19(23)24-10-25-20)21-29-31-32(4)30-21/h5-10,13H,1-4H3,(H,27,28)(H3,23,24,25,26)/t13-/m0/s1. The van der Waals surface area contributed by atoms with Crippen molar-refractivity contribution in [2.75, 3.05) is 11.1 Å². The van der Waals surface area contributed by atoms with E-state index in [9.17, 15) is 4.79 Å². The van der Waals surface area contributed by atoms with E-state index in [1.54, 1.807) is 11.6 Å². The van der Waals surface area contributed by atoms with Crippen molar-refractivity contribution < 1.29 is 0 Å². The molecule has 0 aliphatic rings. The highest BCUT2D eigenvalue weighted by Crippen LogP contribution is 2.31. The summed E-state index contributed by atoms with van der Waals surface area (Å²) in [6, 6.07) is 9.23. The van der Waals surface area contributed by atoms with Gasteiger partial charge in [0, 0.05) is 11.8 Å². The molecule has 0 spiro atoms. The fourth-order valence-electron chi connectivity index (χ4n) is 4.02. The Morgan fingerprint density at radius 3 is 2.71 bits per heavy atom. The summed E-state index contributed by atoms with van der Waals surface area (Å²) in [5.74, 6) is 1.45. The van der Waals surface area contributed by atoms with Crippen LogP contribution in [0.2, 0.25) is 0 Å². The van der Waals surface area contributed by atoms with Crippen LogP contribution in [0.15, 0.2) is 41.5 Å². The number of H-pyrrole nitrogens is 1. The topological polar surface area (TPSA) is 158 Å². The summed E-state index contributed by atoms with van der Waals surface area (Å²) in [6.07, 6.45) is 1.36. The normalized spacial score (nSPS) is 12.2. The van der Waals surface area contributed by atoms with Gasteiger partial charge < -0.3 is 11.1 Å². The Kier molecular flexibility index (Phi) is 5.04. The molecule has 5 rings (SSSR count). The third-order valence-corrected chi connectivity index (χ3v) is 5.61. The van der Waals surface area contributed by atoms with E-state index in [-0.39, 0.29) is 17.4 Å². The van der Waals surface area contributed by atoms with Gasteiger partial charge in [-0.05, 0) is 43.0 Å². The molecule has 172 valence electrons. The molecule has 1 atom stereocenters. The van der Waals surface area contributed by atoms with Gasteiger partial charge >= 0.3 is 0 Å². The number of anilines is 2. The van der Waals surface area contributed by atoms with Crippen molar-refractivity contribution in [3.05, 3.63) is 64.0 Å². The Bertz CT molecular complexity index is 1580. The summed E-state index contributed by atoms with van der Waals surface area (Å²) >= 11 is 0. The van der Waals surface area contributed by atoms with Crippen molar-refractivity contribution in [3.8, 4) is 17.2 Å². The number of nitrogens with one attached hydrogen (secondary N) is 2. The predicted molar refractivity (Wildman–Crippen MR) is 127 cm³/mol. The van der Waals surface area contributed by atoms with Crippen LogP contribution >= 0.6 is 0 Å². The van der Waals surface area contributed by atoms with E-state index in [4.69, 9.17) is 5.73 Å². The number of tetrazole rings is 1. The zero-order chi connectivity index (χ0) is 24.0. The fourth-order valence-corrected chi connectivity index (χ4v) is 4.02. The van der Waals surface area contributed by atoms with Crippen LogP contribution in [0.5, 0.6) is 0 Å². The lowest BCUT2D eigenvalue weighted by atomic mass is 10.0. The lowest BCUT2D eigenvalue weighted by Crippen LogP contribution is -2.26. The number of nitrogens with two attached hydrogens (primary N) is 1. The maximum absolute atomic E-state index is 13.7. The third-order valence-electron chi connectivity index (χ3n) is 5.61. The van der Waals surface area contributed by atoms with Gasteiger partial charge in [0.1, 0.15) is 23.5 Å². The number of nitrogen functional groups attached to an aromatic ring is 1. The summed E-state index contributed by atoms with van der Waals surface area (Å²) < 4.78 is 1.61. The number of aromatic amines is 1. The van der Waals surface area contributed by atoms with Crippen LogP contribution in [0.25, 0.3) is 28.0 Å². The van der Waals surface area contributed by atoms with Crippen molar-refractivity contribution >= 4 is 22.4 Å². The lowest BCUT2D eigenvalue weighted by Gasteiger charge is -2.21. The minimum absolute atomic E-state index is 0.149. The first kappa shape index (κ1) is 21.2. The molecule has 0 aliphatic heterocycles. The molecule has 12 nitrogen and oxygen atoms in total. The van der Waals surface area contributed by atoms with Gasteiger partial charge in [0.25, 0.3) is 5.56 Å². The van der Waals surface area contributed by atoms with Crippen LogP contribution in [0.4, 0.5) is 11.6 Å². The number of rotatable bonds is 5. The van der Waals surface area contributed by atoms with Gasteiger partial charge in [-0.1, -0.05) is 18.2 Å². The number of hydrogen-bond acceptors (Lipinski definition) is 9. The molecule has 0 amide bonds. The molecule has 1 aromatic carbocycles. The summed E-state index contributed by atoms with van der Waals surface area (Å²) in [5.41, 5.74) is 8.87. The van der Waals surface area contributed by atoms with Crippen molar-refractivity contribution in [1.82, 2.24) is 44.9 Å². The van der Waals surface area contributed by atoms with E-state index < -0.39 is 0 Å². The van der Waals surface area contributed by atoms with Gasteiger partial charge in [0.2, 0.25) is 5.82 Å². The summed E-state index contributed by atoms with van der Waals surface area (Å²) in [7, 11) is 1.66. The summed E-state index contributed by atoms with van der Waals surface area (Å²) in [5, 5.41) is 24.3. The van der Waals surface area contributed by atoms with E-state index >= 15 is 0 Å². The second-order valence-electron chi connectivity index (χ2n) is 8.11. The molecule has 12 heteroatoms. The highest BCUT2D eigenvalue weighted by molar-refractivity contribution is 5.86. The molecule has 0 aliphatic carbocycles. The van der Waals surface area contributed by atoms with Crippen molar-refractivity contribution in [3.63, 3.8) is 0 Å². The van der Waals surface area contributed by atoms with Crippen LogP contribution in [0, 0.1) is 13.8 Å². The van der Waals surface area contributed by atoms with Gasteiger partial charge in [0.05, 0.1) is 24.2 Å². The zero-order valence-electron chi connectivity index (χ0n) is 19.1. The number of aromatic nitrogens is 9. The smallest absolute Gasteiger partial charge is 0.264 e. The minimum Gasteiger partial charge on any atom is -0.383 e. The van der Waals surface area contributed by atoms with Crippen molar-refractivity contribution in [1.29, 1.82) is 0 Å². The number of aryl methyl sites for hydroxylation is 3. The van der Waals surface area contributed by atoms with E-state index in [0.29, 0.717) is 34.1 Å². The Balaban J connectivity index is 1.67. The molecule has 34 heavy (non-hydrogen) atoms. The van der Waals surface area contributed by atoms with Gasteiger partial charge in [-0.2, -0.15) is 9.90 Å². The number of nitrogens with zero attached hydrogens (tertiary/aromatic N) is 8. The van der Waals surface area contributed by atoms with Gasteiger partial charge in [-0.15, -0.1) is 10.2 Å². The van der Waals surface area contributed by atoms with Gasteiger partial charge in [0.15, 0.2) is 5.82 Å². The second-order valence-corrected chi connectivity index (χ2v) is 8.11. The molecule has 0 saturated carbocycles. The first-order valence-electron chi connectivity index (χ1n) is 10.6. The molecule has 5 aromatic rings. The van der Waals surface area contributed by atoms with E-state index in [1.165, 1.54) is 11.1 Å². The van der Waals surface area contributed by atoms with Gasteiger partial charge in [-0.3, -0.25) is 14.5 Å². The monoisotopic (exact) mass is 457 g/mol. The number of fused-ring (bicyclic) bond motifs is 1. The molecule has 0 saturated heterocycles. The quantitative estimate of drug-likeness (QED) is 0.359. The van der Waals surface area contributed by atoms with Crippen LogP contribution < -0.4 is 16.6 Å². The van der Waals surface area contributed by atoms with Crippen LogP contribution in [-0.2, 0) is 7.05 Å². The molecular weight excluding hydrogens is 434 g/mol. The third kappa shape index (κ3) is 3.54. The Morgan fingerprint density at radius 2 is 2.00 bits per heavy atom. The zero-order valence-corrected chi connectivity index (χ0v) is 19.1. The summed E-state index contributed by atoms with van der Waals surface area (Å²) in [6.45, 7) is 5.74. The Morgan fingerprint density at radius 1 is 1.18 bits per heavy atom. The average molecular weight is 458 g/mol. The summed E-state index contributed by atoms with van der Waals surface area (Å²) in [4.78, 5) is 23.5. The van der Waals surface area contributed by atoms with Crippen LogP contribution in [0.3, 0.4) is 0 Å². The SMILES string of the molecule is Cc1cc(-n2c([C@H](C)Nc3ncnc(N)c3-c3nnn(C)n3)cc3cccc(C)c3c2=O)n[nH]1. The molecule has 0 bridgehead atoms. The van der Waals surface area contributed by atoms with Crippen molar-refractivity contribution in [2.45, 2.75) is 26.8 Å². The van der Waals surface area contributed by atoms with E-state index in [0.717, 1.165) is 16.6 Å². The number of hydrogen-bond donors (Lipinski definition) is 3. The number of benzene rings is 1. The largest absolute Gasteiger partial charge is 0.383 e. The second kappa shape index (κ2) is 8.06. The molecule has 0 radical (unpaired) electrons. The molecule has 0 fully saturated rings. The van der Waals surface area contributed by atoms with Crippen molar-refractivity contribution in [2.24, 2.45) is 7.05 Å². The van der Waals surface area contributed by atoms with E-state index in [2.05, 4.69) is 40.9 Å². The molecule has 4 aromatic heterocycles. The molecule has 4 heterocycles. The molecule has 4 N–H and O–H groups in total. The first-order chi connectivity index (χ1) is 16.3. The predicted octanol–water partition coefficient (Wildman–Crippen LogP) is 2.07. The molecular formula is C22H23N11O. The highest BCUT2D eigenvalue weighted by Gasteiger charge is 2.22. The Labute approximate surface area is 193 Å². The van der Waals surface area contributed by atoms with Crippen LogP contribution in [-0.4, -0.2) is 44.9 Å². The fraction of sp³-hybridized carbons (Fsp3) is 0.227. The highest BCUT2D eigenvalue weighted by atomic mass is 16.1.